The molecule has 0 bridgehead atoms. The number of nitrogens with one attached hydrogen (secondary N) is 1. The third-order valence-corrected chi connectivity index (χ3v) is 3.54. The number of carbonyl (C=O) groups is 2. The Morgan fingerprint density at radius 1 is 1.21 bits per heavy atom. The molecule has 0 unspecified atom stereocenters. The molecular formula is C14H19NO3S. The molecule has 5 heteroatoms. The van der Waals surface area contributed by atoms with Crippen molar-refractivity contribution in [3.8, 4) is 0 Å². The number of benzene rings is 1. The van der Waals surface area contributed by atoms with Crippen LogP contribution in [-0.4, -0.2) is 29.3 Å². The Balaban J connectivity index is 2.46. The fourth-order valence-electron chi connectivity index (χ4n) is 1.43. The van der Waals surface area contributed by atoms with Gasteiger partial charge in [-0.05, 0) is 23.1 Å². The molecule has 0 aliphatic rings. The molecule has 0 aliphatic heterocycles. The second kappa shape index (κ2) is 6.61. The minimum absolute atomic E-state index is 0.113. The number of hydrogen-bond donors (Lipinski definition) is 2. The molecule has 104 valence electrons. The SMILES string of the molecule is CC(C)(C)c1ccc(SCC(=O)NCC(=O)O)cc1. The highest BCUT2D eigenvalue weighted by atomic mass is 32.2. The first-order valence-corrected chi connectivity index (χ1v) is 6.99. The summed E-state index contributed by atoms with van der Waals surface area (Å²) in [7, 11) is 0. The summed E-state index contributed by atoms with van der Waals surface area (Å²) in [5, 5.41) is 10.8. The number of carboxylic acids is 1. The van der Waals surface area contributed by atoms with Gasteiger partial charge in [-0.1, -0.05) is 32.9 Å². The van der Waals surface area contributed by atoms with Gasteiger partial charge < -0.3 is 10.4 Å². The van der Waals surface area contributed by atoms with Crippen LogP contribution in [0, 0.1) is 0 Å². The van der Waals surface area contributed by atoms with Crippen LogP contribution in [-0.2, 0) is 15.0 Å². The second-order valence-corrected chi connectivity index (χ2v) is 6.28. The fraction of sp³-hybridized carbons (Fsp3) is 0.429. The molecule has 0 heterocycles. The Morgan fingerprint density at radius 2 is 1.79 bits per heavy atom. The summed E-state index contributed by atoms with van der Waals surface area (Å²) in [6.45, 7) is 6.11. The quantitative estimate of drug-likeness (QED) is 0.813. The predicted octanol–water partition coefficient (Wildman–Crippen LogP) is 2.28. The van der Waals surface area contributed by atoms with E-state index in [0.29, 0.717) is 0 Å². The summed E-state index contributed by atoms with van der Waals surface area (Å²) >= 11 is 1.39. The third kappa shape index (κ3) is 5.79. The van der Waals surface area contributed by atoms with E-state index in [1.807, 2.05) is 12.1 Å². The van der Waals surface area contributed by atoms with Crippen LogP contribution in [0.3, 0.4) is 0 Å². The first-order valence-electron chi connectivity index (χ1n) is 6.01. The van der Waals surface area contributed by atoms with Crippen LogP contribution >= 0.6 is 11.8 Å². The number of hydrogen-bond acceptors (Lipinski definition) is 3. The average Bonchev–Trinajstić information content (AvgIpc) is 2.33. The largest absolute Gasteiger partial charge is 0.480 e. The summed E-state index contributed by atoms with van der Waals surface area (Å²) < 4.78 is 0. The molecule has 1 aromatic rings. The third-order valence-electron chi connectivity index (χ3n) is 2.53. The van der Waals surface area contributed by atoms with Gasteiger partial charge in [-0.3, -0.25) is 9.59 Å². The van der Waals surface area contributed by atoms with E-state index in [0.717, 1.165) is 4.90 Å². The maximum Gasteiger partial charge on any atom is 0.322 e. The van der Waals surface area contributed by atoms with Crippen molar-refractivity contribution in [3.05, 3.63) is 29.8 Å². The average molecular weight is 281 g/mol. The van der Waals surface area contributed by atoms with Crippen molar-refractivity contribution in [2.45, 2.75) is 31.1 Å². The number of carboxylic acid groups (broad SMARTS) is 1. The van der Waals surface area contributed by atoms with E-state index >= 15 is 0 Å². The molecule has 0 saturated carbocycles. The van der Waals surface area contributed by atoms with Crippen LogP contribution in [0.2, 0.25) is 0 Å². The van der Waals surface area contributed by atoms with E-state index in [-0.39, 0.29) is 23.6 Å². The summed E-state index contributed by atoms with van der Waals surface area (Å²) in [6, 6.07) is 8.07. The van der Waals surface area contributed by atoms with E-state index in [4.69, 9.17) is 5.11 Å². The Labute approximate surface area is 117 Å². The van der Waals surface area contributed by atoms with E-state index in [1.165, 1.54) is 17.3 Å². The molecule has 0 fully saturated rings. The van der Waals surface area contributed by atoms with E-state index in [1.54, 1.807) is 0 Å². The highest BCUT2D eigenvalue weighted by Gasteiger charge is 2.13. The van der Waals surface area contributed by atoms with Gasteiger partial charge in [0.05, 0.1) is 5.75 Å². The van der Waals surface area contributed by atoms with Crippen LogP contribution in [0.4, 0.5) is 0 Å². The van der Waals surface area contributed by atoms with Gasteiger partial charge in [-0.2, -0.15) is 0 Å². The molecule has 0 spiro atoms. The minimum Gasteiger partial charge on any atom is -0.480 e. The maximum atomic E-state index is 11.4. The predicted molar refractivity (Wildman–Crippen MR) is 76.5 cm³/mol. The van der Waals surface area contributed by atoms with Crippen LogP contribution in [0.1, 0.15) is 26.3 Å². The second-order valence-electron chi connectivity index (χ2n) is 5.23. The fourth-order valence-corrected chi connectivity index (χ4v) is 2.15. The van der Waals surface area contributed by atoms with Gasteiger partial charge in [0.2, 0.25) is 5.91 Å². The lowest BCUT2D eigenvalue weighted by Crippen LogP contribution is -2.30. The highest BCUT2D eigenvalue weighted by Crippen LogP contribution is 2.25. The maximum absolute atomic E-state index is 11.4. The zero-order chi connectivity index (χ0) is 14.5. The van der Waals surface area contributed by atoms with Gasteiger partial charge in [0.15, 0.2) is 0 Å². The van der Waals surface area contributed by atoms with Gasteiger partial charge >= 0.3 is 5.97 Å². The highest BCUT2D eigenvalue weighted by molar-refractivity contribution is 8.00. The van der Waals surface area contributed by atoms with Crippen LogP contribution < -0.4 is 5.32 Å². The molecule has 1 aromatic carbocycles. The van der Waals surface area contributed by atoms with Crippen molar-refractivity contribution in [1.82, 2.24) is 5.32 Å². The summed E-state index contributed by atoms with van der Waals surface area (Å²) in [6.07, 6.45) is 0. The van der Waals surface area contributed by atoms with Crippen molar-refractivity contribution < 1.29 is 14.7 Å². The van der Waals surface area contributed by atoms with Crippen molar-refractivity contribution in [3.63, 3.8) is 0 Å². The molecule has 0 radical (unpaired) electrons. The van der Waals surface area contributed by atoms with Gasteiger partial charge in [0.1, 0.15) is 6.54 Å². The molecule has 0 saturated heterocycles. The van der Waals surface area contributed by atoms with Gasteiger partial charge in [-0.25, -0.2) is 0 Å². The van der Waals surface area contributed by atoms with Gasteiger partial charge in [-0.15, -0.1) is 11.8 Å². The molecular weight excluding hydrogens is 262 g/mol. The van der Waals surface area contributed by atoms with Crippen LogP contribution in [0.15, 0.2) is 29.2 Å². The Kier molecular flexibility index (Phi) is 5.42. The Bertz CT molecular complexity index is 449. The first kappa shape index (κ1) is 15.6. The van der Waals surface area contributed by atoms with Crippen molar-refractivity contribution in [2.24, 2.45) is 0 Å². The summed E-state index contributed by atoms with van der Waals surface area (Å²) in [5.41, 5.74) is 1.36. The number of amides is 1. The molecule has 2 N–H and O–H groups in total. The lowest BCUT2D eigenvalue weighted by molar-refractivity contribution is -0.137. The molecule has 0 aliphatic carbocycles. The monoisotopic (exact) mass is 281 g/mol. The van der Waals surface area contributed by atoms with E-state index in [2.05, 4.69) is 38.2 Å². The number of thioether (sulfide) groups is 1. The van der Waals surface area contributed by atoms with Crippen LogP contribution in [0.5, 0.6) is 0 Å². The zero-order valence-electron chi connectivity index (χ0n) is 11.4. The first-order chi connectivity index (χ1) is 8.79. The number of aliphatic carboxylic acids is 1. The van der Waals surface area contributed by atoms with E-state index in [9.17, 15) is 9.59 Å². The standard InChI is InChI=1S/C14H19NO3S/c1-14(2,3)10-4-6-11(7-5-10)19-9-12(16)15-8-13(17)18/h4-7H,8-9H2,1-3H3,(H,15,16)(H,17,18). The molecule has 1 rings (SSSR count). The topological polar surface area (TPSA) is 66.4 Å². The van der Waals surface area contributed by atoms with Gasteiger partial charge in [0.25, 0.3) is 0 Å². The molecule has 0 atom stereocenters. The zero-order valence-corrected chi connectivity index (χ0v) is 12.2. The Morgan fingerprint density at radius 3 is 2.26 bits per heavy atom. The summed E-state index contributed by atoms with van der Waals surface area (Å²) in [4.78, 5) is 22.6. The lowest BCUT2D eigenvalue weighted by Gasteiger charge is -2.19. The Hall–Kier alpha value is -1.49. The lowest BCUT2D eigenvalue weighted by atomic mass is 9.87. The van der Waals surface area contributed by atoms with E-state index < -0.39 is 5.97 Å². The number of rotatable bonds is 5. The molecule has 1 amide bonds. The summed E-state index contributed by atoms with van der Waals surface area (Å²) in [5.74, 6) is -1.08. The molecule has 19 heavy (non-hydrogen) atoms. The van der Waals surface area contributed by atoms with Crippen molar-refractivity contribution >= 4 is 23.6 Å². The smallest absolute Gasteiger partial charge is 0.322 e. The number of carbonyl (C=O) groups excluding carboxylic acids is 1. The minimum atomic E-state index is -1.03. The van der Waals surface area contributed by atoms with Crippen molar-refractivity contribution in [1.29, 1.82) is 0 Å². The normalized spacial score (nSPS) is 11.1. The molecule has 0 aromatic heterocycles. The van der Waals surface area contributed by atoms with Gasteiger partial charge in [0, 0.05) is 4.90 Å². The van der Waals surface area contributed by atoms with Crippen LogP contribution in [0.25, 0.3) is 0 Å². The molecule has 4 nitrogen and oxygen atoms in total. The van der Waals surface area contributed by atoms with Crippen molar-refractivity contribution in [2.75, 3.05) is 12.3 Å².